The highest BCUT2D eigenvalue weighted by molar-refractivity contribution is 6.33. The molecule has 0 N–H and O–H groups in total. The van der Waals surface area contributed by atoms with Crippen LogP contribution in [-0.2, 0) is 0 Å². The zero-order valence-electron chi connectivity index (χ0n) is 17.4. The number of nitrogens with zero attached hydrogens (tertiary/aromatic N) is 2. The van der Waals surface area contributed by atoms with Crippen molar-refractivity contribution in [1.82, 2.24) is 9.80 Å². The number of hydrogen-bond donors (Lipinski definition) is 0. The summed E-state index contributed by atoms with van der Waals surface area (Å²) in [6.45, 7) is 3.30. The van der Waals surface area contributed by atoms with Crippen molar-refractivity contribution in [3.8, 4) is 5.75 Å². The minimum atomic E-state index is -0.588. The topological polar surface area (TPSA) is 49.9 Å². The van der Waals surface area contributed by atoms with Gasteiger partial charge in [-0.2, -0.15) is 0 Å². The summed E-state index contributed by atoms with van der Waals surface area (Å²) < 4.78 is 19.9. The van der Waals surface area contributed by atoms with Gasteiger partial charge in [-0.05, 0) is 68.0 Å². The predicted molar refractivity (Wildman–Crippen MR) is 117 cm³/mol. The van der Waals surface area contributed by atoms with E-state index in [-0.39, 0.29) is 22.4 Å². The Hall–Kier alpha value is -2.60. The zero-order chi connectivity index (χ0) is 21.8. The Morgan fingerprint density at radius 1 is 0.935 bits per heavy atom. The molecule has 2 aromatic carbocycles. The van der Waals surface area contributed by atoms with Gasteiger partial charge in [0.15, 0.2) is 0 Å². The number of amides is 2. The number of halogens is 2. The van der Waals surface area contributed by atoms with Crippen molar-refractivity contribution in [2.45, 2.75) is 25.7 Å². The molecule has 2 aliphatic heterocycles. The van der Waals surface area contributed by atoms with Gasteiger partial charge in [0.1, 0.15) is 11.6 Å². The van der Waals surface area contributed by atoms with Crippen LogP contribution in [0.15, 0.2) is 42.5 Å². The third kappa shape index (κ3) is 5.01. The van der Waals surface area contributed by atoms with Crippen LogP contribution in [0.1, 0.15) is 46.4 Å². The highest BCUT2D eigenvalue weighted by Gasteiger charge is 2.27. The molecule has 4 rings (SSSR count). The second kappa shape index (κ2) is 9.69. The number of carbonyl (C=O) groups excluding carboxylic acids is 2. The Morgan fingerprint density at radius 2 is 1.58 bits per heavy atom. The highest BCUT2D eigenvalue weighted by atomic mass is 35.5. The zero-order valence-corrected chi connectivity index (χ0v) is 18.1. The first-order valence-corrected chi connectivity index (χ1v) is 11.2. The van der Waals surface area contributed by atoms with Crippen LogP contribution < -0.4 is 4.74 Å². The van der Waals surface area contributed by atoms with Crippen molar-refractivity contribution in [3.63, 3.8) is 0 Å². The molecule has 0 spiro atoms. The summed E-state index contributed by atoms with van der Waals surface area (Å²) in [4.78, 5) is 28.6. The lowest BCUT2D eigenvalue weighted by atomic mass is 9.97. The first kappa shape index (κ1) is 21.6. The fourth-order valence-corrected chi connectivity index (χ4v) is 4.42. The van der Waals surface area contributed by atoms with Crippen LogP contribution in [0.5, 0.6) is 5.75 Å². The molecule has 0 radical (unpaired) electrons. The van der Waals surface area contributed by atoms with Crippen LogP contribution in [0.2, 0.25) is 5.02 Å². The number of rotatable bonds is 5. The van der Waals surface area contributed by atoms with E-state index in [0.29, 0.717) is 31.2 Å². The number of benzene rings is 2. The van der Waals surface area contributed by atoms with Gasteiger partial charge in [0.2, 0.25) is 0 Å². The number of hydrogen-bond acceptors (Lipinski definition) is 3. The Bertz CT molecular complexity index is 916. The van der Waals surface area contributed by atoms with E-state index in [1.165, 1.54) is 18.2 Å². The van der Waals surface area contributed by atoms with E-state index in [2.05, 4.69) is 0 Å². The van der Waals surface area contributed by atoms with Crippen LogP contribution in [0.3, 0.4) is 0 Å². The Morgan fingerprint density at radius 3 is 2.23 bits per heavy atom. The lowest BCUT2D eigenvalue weighted by Gasteiger charge is -2.32. The first-order valence-electron chi connectivity index (χ1n) is 10.8. The SMILES string of the molecule is O=C(c1ccc(OCC2CCN(C(=O)c3c(F)cccc3Cl)CC2)cc1)N1CCCC1. The van der Waals surface area contributed by atoms with Gasteiger partial charge in [-0.1, -0.05) is 17.7 Å². The fourth-order valence-electron chi connectivity index (χ4n) is 4.17. The largest absolute Gasteiger partial charge is 0.493 e. The maximum absolute atomic E-state index is 14.0. The van der Waals surface area contributed by atoms with Gasteiger partial charge >= 0.3 is 0 Å². The summed E-state index contributed by atoms with van der Waals surface area (Å²) in [7, 11) is 0. The average Bonchev–Trinajstić information content (AvgIpc) is 3.33. The molecule has 2 heterocycles. The molecule has 0 atom stereocenters. The molecule has 31 heavy (non-hydrogen) atoms. The Balaban J connectivity index is 1.26. The molecular formula is C24H26ClFN2O3. The number of ether oxygens (including phenoxy) is 1. The van der Waals surface area contributed by atoms with E-state index < -0.39 is 5.82 Å². The van der Waals surface area contributed by atoms with E-state index in [1.54, 1.807) is 4.90 Å². The Labute approximate surface area is 186 Å². The summed E-state index contributed by atoms with van der Waals surface area (Å²) in [5.74, 6) is 0.173. The monoisotopic (exact) mass is 444 g/mol. The van der Waals surface area contributed by atoms with Gasteiger partial charge in [-0.25, -0.2) is 4.39 Å². The standard InChI is InChI=1S/C24H26ClFN2O3/c25-20-4-3-5-21(26)22(20)24(30)28-14-10-17(11-15-28)16-31-19-8-6-18(7-9-19)23(29)27-12-1-2-13-27/h3-9,17H,1-2,10-16H2. The maximum atomic E-state index is 14.0. The molecule has 164 valence electrons. The predicted octanol–water partition coefficient (Wildman–Crippen LogP) is 4.65. The molecule has 2 saturated heterocycles. The molecule has 0 unspecified atom stereocenters. The molecule has 0 aliphatic carbocycles. The van der Waals surface area contributed by atoms with Crippen molar-refractivity contribution >= 4 is 23.4 Å². The van der Waals surface area contributed by atoms with Crippen molar-refractivity contribution in [2.75, 3.05) is 32.8 Å². The molecule has 2 aromatic rings. The highest BCUT2D eigenvalue weighted by Crippen LogP contribution is 2.25. The molecule has 2 amide bonds. The van der Waals surface area contributed by atoms with Gasteiger partial charge in [0.25, 0.3) is 11.8 Å². The summed E-state index contributed by atoms with van der Waals surface area (Å²) in [5, 5.41) is 0.141. The van der Waals surface area contributed by atoms with Gasteiger partial charge in [0, 0.05) is 31.7 Å². The third-order valence-electron chi connectivity index (χ3n) is 6.06. The van der Waals surface area contributed by atoms with E-state index in [9.17, 15) is 14.0 Å². The average molecular weight is 445 g/mol. The summed E-state index contributed by atoms with van der Waals surface area (Å²) >= 11 is 6.03. The molecule has 7 heteroatoms. The lowest BCUT2D eigenvalue weighted by Crippen LogP contribution is -2.40. The van der Waals surface area contributed by atoms with Crippen molar-refractivity contribution in [3.05, 3.63) is 64.4 Å². The minimum absolute atomic E-state index is 0.0533. The molecule has 5 nitrogen and oxygen atoms in total. The number of carbonyl (C=O) groups is 2. The fraction of sp³-hybridized carbons (Fsp3) is 0.417. The normalized spacial score (nSPS) is 17.1. The quantitative estimate of drug-likeness (QED) is 0.674. The second-order valence-corrected chi connectivity index (χ2v) is 8.57. The van der Waals surface area contributed by atoms with Crippen LogP contribution in [0.25, 0.3) is 0 Å². The molecule has 2 fully saturated rings. The van der Waals surface area contributed by atoms with Crippen molar-refractivity contribution in [1.29, 1.82) is 0 Å². The van der Waals surface area contributed by atoms with Crippen LogP contribution in [0, 0.1) is 11.7 Å². The maximum Gasteiger partial charge on any atom is 0.258 e. The van der Waals surface area contributed by atoms with E-state index >= 15 is 0 Å². The number of likely N-dealkylation sites (tertiary alicyclic amines) is 2. The summed E-state index contributed by atoms with van der Waals surface area (Å²) in [6.07, 6.45) is 3.71. The van der Waals surface area contributed by atoms with E-state index in [4.69, 9.17) is 16.3 Å². The molecule has 0 bridgehead atoms. The van der Waals surface area contributed by atoms with Gasteiger partial charge in [0.05, 0.1) is 17.2 Å². The summed E-state index contributed by atoms with van der Waals surface area (Å²) in [6, 6.07) is 11.6. The third-order valence-corrected chi connectivity index (χ3v) is 6.37. The Kier molecular flexibility index (Phi) is 6.76. The van der Waals surface area contributed by atoms with Crippen molar-refractivity contribution < 1.29 is 18.7 Å². The first-order chi connectivity index (χ1) is 15.0. The van der Waals surface area contributed by atoms with Gasteiger partial charge in [-0.3, -0.25) is 9.59 Å². The van der Waals surface area contributed by atoms with Crippen LogP contribution >= 0.6 is 11.6 Å². The van der Waals surface area contributed by atoms with E-state index in [0.717, 1.165) is 44.5 Å². The van der Waals surface area contributed by atoms with Crippen LogP contribution in [0.4, 0.5) is 4.39 Å². The van der Waals surface area contributed by atoms with E-state index in [1.807, 2.05) is 29.2 Å². The van der Waals surface area contributed by atoms with Gasteiger partial charge < -0.3 is 14.5 Å². The van der Waals surface area contributed by atoms with Crippen molar-refractivity contribution in [2.24, 2.45) is 5.92 Å². The molecule has 2 aliphatic rings. The van der Waals surface area contributed by atoms with Crippen LogP contribution in [-0.4, -0.2) is 54.4 Å². The smallest absolute Gasteiger partial charge is 0.258 e. The number of piperidine rings is 1. The minimum Gasteiger partial charge on any atom is -0.493 e. The lowest BCUT2D eigenvalue weighted by molar-refractivity contribution is 0.0656. The molecule has 0 saturated carbocycles. The summed E-state index contributed by atoms with van der Waals surface area (Å²) in [5.41, 5.74) is 0.635. The van der Waals surface area contributed by atoms with Gasteiger partial charge in [-0.15, -0.1) is 0 Å². The molecular weight excluding hydrogens is 419 g/mol. The molecule has 0 aromatic heterocycles. The second-order valence-electron chi connectivity index (χ2n) is 8.17.